The molecule has 2 fully saturated rings. The van der Waals surface area contributed by atoms with Crippen molar-refractivity contribution < 1.29 is 9.53 Å². The minimum Gasteiger partial charge on any atom is -0.497 e. The maximum atomic E-state index is 11.1. The second-order valence-corrected chi connectivity index (χ2v) is 6.72. The van der Waals surface area contributed by atoms with Crippen molar-refractivity contribution in [1.29, 1.82) is 0 Å². The number of aldehydes is 1. The number of methoxy groups -OCH3 is 1. The van der Waals surface area contributed by atoms with Gasteiger partial charge in [-0.2, -0.15) is 0 Å². The molecule has 1 unspecified atom stereocenters. The number of hydrogen-bond donors (Lipinski definition) is 2. The van der Waals surface area contributed by atoms with Crippen molar-refractivity contribution in [3.8, 4) is 5.75 Å². The Morgan fingerprint density at radius 2 is 1.41 bits per heavy atom. The van der Waals surface area contributed by atoms with E-state index in [0.717, 1.165) is 43.9 Å². The largest absolute Gasteiger partial charge is 0.497 e. The monoisotopic (exact) mass is 367 g/mol. The zero-order chi connectivity index (χ0) is 18.6. The highest BCUT2D eigenvalue weighted by Gasteiger charge is 2.23. The molecule has 0 radical (unpaired) electrons. The fourth-order valence-electron chi connectivity index (χ4n) is 3.64. The molecule has 2 aromatic rings. The van der Waals surface area contributed by atoms with Crippen molar-refractivity contribution in [3.05, 3.63) is 48.5 Å². The van der Waals surface area contributed by atoms with Gasteiger partial charge in [0.15, 0.2) is 12.5 Å². The fraction of sp³-hybridized carbons (Fsp3) is 0.350. The summed E-state index contributed by atoms with van der Waals surface area (Å²) in [5, 5.41) is 0. The number of ether oxygens (including phenoxy) is 1. The number of carbonyl (C=O) groups excluding carboxylic acids is 1. The molecule has 4 rings (SSSR count). The smallest absolute Gasteiger partial charge is 0.158 e. The molecule has 2 aliphatic rings. The molecule has 0 aliphatic carbocycles. The third-order valence-corrected chi connectivity index (χ3v) is 5.23. The Bertz CT molecular complexity index is 757. The van der Waals surface area contributed by atoms with E-state index in [4.69, 9.17) is 4.74 Å². The van der Waals surface area contributed by atoms with E-state index < -0.39 is 0 Å². The molecule has 2 aliphatic heterocycles. The highest BCUT2D eigenvalue weighted by Crippen LogP contribution is 2.25. The van der Waals surface area contributed by atoms with Crippen molar-refractivity contribution in [3.63, 3.8) is 0 Å². The van der Waals surface area contributed by atoms with Gasteiger partial charge >= 0.3 is 0 Å². The van der Waals surface area contributed by atoms with E-state index in [1.54, 1.807) is 7.11 Å². The zero-order valence-electron chi connectivity index (χ0n) is 15.5. The van der Waals surface area contributed by atoms with Gasteiger partial charge < -0.3 is 19.4 Å². The van der Waals surface area contributed by atoms with Gasteiger partial charge in [-0.25, -0.2) is 10.9 Å². The van der Waals surface area contributed by atoms with Crippen molar-refractivity contribution >= 4 is 23.3 Å². The number of hydrazine groups is 1. The van der Waals surface area contributed by atoms with Crippen LogP contribution in [0.25, 0.3) is 0 Å². The number of carbonyl (C=O) groups is 1. The maximum Gasteiger partial charge on any atom is 0.158 e. The topological polar surface area (TPSA) is 60.1 Å². The number of rotatable bonds is 5. The molecule has 0 spiro atoms. The Morgan fingerprint density at radius 1 is 0.889 bits per heavy atom. The highest BCUT2D eigenvalue weighted by atomic mass is 16.5. The molecular weight excluding hydrogens is 342 g/mol. The average Bonchev–Trinajstić information content (AvgIpc) is 3.23. The summed E-state index contributed by atoms with van der Waals surface area (Å²) in [6.45, 7) is 4.55. The van der Waals surface area contributed by atoms with Crippen LogP contribution in [0.3, 0.4) is 0 Å². The fourth-order valence-corrected chi connectivity index (χ4v) is 3.64. The maximum absolute atomic E-state index is 11.1. The van der Waals surface area contributed by atoms with Crippen LogP contribution in [0.5, 0.6) is 5.75 Å². The van der Waals surface area contributed by atoms with Gasteiger partial charge in [0.1, 0.15) is 5.75 Å². The third-order valence-electron chi connectivity index (χ3n) is 5.23. The van der Waals surface area contributed by atoms with E-state index in [1.807, 2.05) is 17.0 Å². The lowest BCUT2D eigenvalue weighted by atomic mass is 10.2. The van der Waals surface area contributed by atoms with Crippen LogP contribution in [0.4, 0.5) is 17.1 Å². The third kappa shape index (κ3) is 3.70. The van der Waals surface area contributed by atoms with Gasteiger partial charge in [0.2, 0.25) is 0 Å². The first-order chi connectivity index (χ1) is 13.3. The van der Waals surface area contributed by atoms with Crippen molar-refractivity contribution in [2.24, 2.45) is 0 Å². The first-order valence-electron chi connectivity index (χ1n) is 9.23. The molecule has 2 heterocycles. The van der Waals surface area contributed by atoms with Crippen LogP contribution in [-0.2, 0) is 4.79 Å². The second kappa shape index (κ2) is 7.85. The summed E-state index contributed by atoms with van der Waals surface area (Å²) in [5.41, 5.74) is 9.43. The van der Waals surface area contributed by atoms with Gasteiger partial charge in [0.05, 0.1) is 13.8 Å². The van der Waals surface area contributed by atoms with E-state index >= 15 is 0 Å². The predicted molar refractivity (Wildman–Crippen MR) is 107 cm³/mol. The Morgan fingerprint density at radius 3 is 1.93 bits per heavy atom. The first-order valence-corrected chi connectivity index (χ1v) is 9.23. The number of anilines is 3. The van der Waals surface area contributed by atoms with Crippen molar-refractivity contribution in [1.82, 2.24) is 10.9 Å². The molecule has 1 atom stereocenters. The molecule has 7 heteroatoms. The summed E-state index contributed by atoms with van der Waals surface area (Å²) in [5.74, 6) is 0.887. The first kappa shape index (κ1) is 17.6. The lowest BCUT2D eigenvalue weighted by Gasteiger charge is -2.37. The molecule has 0 bridgehead atoms. The highest BCUT2D eigenvalue weighted by molar-refractivity contribution is 5.67. The molecular formula is C20H25N5O2. The molecule has 2 N–H and O–H groups in total. The number of nitrogens with zero attached hydrogens (tertiary/aromatic N) is 3. The van der Waals surface area contributed by atoms with Gasteiger partial charge in [-0.3, -0.25) is 4.79 Å². The van der Waals surface area contributed by atoms with Crippen LogP contribution >= 0.6 is 0 Å². The van der Waals surface area contributed by atoms with Crippen LogP contribution in [0.15, 0.2) is 48.5 Å². The Kier molecular flexibility index (Phi) is 5.13. The van der Waals surface area contributed by atoms with Crippen LogP contribution in [-0.4, -0.2) is 52.4 Å². The standard InChI is InChI=1S/C20H25N5O2/c1-27-19-8-6-17(7-9-19)24-12-10-23(11-13-24)16-2-4-18(5-3-16)25-15-21-22-20(25)14-26/h2-9,14,20-22H,10-13,15H2,1H3. The van der Waals surface area contributed by atoms with Crippen LogP contribution in [0.1, 0.15) is 0 Å². The summed E-state index contributed by atoms with van der Waals surface area (Å²) >= 11 is 0. The lowest BCUT2D eigenvalue weighted by molar-refractivity contribution is -0.109. The second-order valence-electron chi connectivity index (χ2n) is 6.72. The van der Waals surface area contributed by atoms with Gasteiger partial charge in [-0.15, -0.1) is 0 Å². The van der Waals surface area contributed by atoms with Gasteiger partial charge in [-0.05, 0) is 48.5 Å². The van der Waals surface area contributed by atoms with E-state index in [2.05, 4.69) is 57.0 Å². The van der Waals surface area contributed by atoms with Crippen LogP contribution in [0.2, 0.25) is 0 Å². The van der Waals surface area contributed by atoms with Crippen molar-refractivity contribution in [2.45, 2.75) is 6.17 Å². The van der Waals surface area contributed by atoms with E-state index in [9.17, 15) is 4.79 Å². The van der Waals surface area contributed by atoms with E-state index in [-0.39, 0.29) is 6.17 Å². The van der Waals surface area contributed by atoms with Gasteiger partial charge in [0, 0.05) is 43.2 Å². The number of hydrogen-bond acceptors (Lipinski definition) is 7. The van der Waals surface area contributed by atoms with E-state index in [1.165, 1.54) is 11.4 Å². The summed E-state index contributed by atoms with van der Waals surface area (Å²) in [4.78, 5) is 17.9. The SMILES string of the molecule is COc1ccc(N2CCN(c3ccc(N4CNNC4C=O)cc3)CC2)cc1. The van der Waals surface area contributed by atoms with Gasteiger partial charge in [-0.1, -0.05) is 0 Å². The Labute approximate surface area is 159 Å². The molecule has 0 saturated carbocycles. The van der Waals surface area contributed by atoms with E-state index in [0.29, 0.717) is 6.67 Å². The molecule has 0 amide bonds. The summed E-state index contributed by atoms with van der Waals surface area (Å²) in [6.07, 6.45) is 0.593. The summed E-state index contributed by atoms with van der Waals surface area (Å²) in [7, 11) is 1.69. The number of piperazine rings is 1. The van der Waals surface area contributed by atoms with Crippen LogP contribution in [0, 0.1) is 0 Å². The lowest BCUT2D eigenvalue weighted by Crippen LogP contribution is -2.46. The Balaban J connectivity index is 1.37. The molecule has 2 saturated heterocycles. The van der Waals surface area contributed by atoms with Crippen LogP contribution < -0.4 is 30.3 Å². The molecule has 7 nitrogen and oxygen atoms in total. The minimum atomic E-state index is -0.316. The summed E-state index contributed by atoms with van der Waals surface area (Å²) in [6, 6.07) is 16.7. The minimum absolute atomic E-state index is 0.316. The molecule has 0 aromatic heterocycles. The van der Waals surface area contributed by atoms with Gasteiger partial charge in [0.25, 0.3) is 0 Å². The predicted octanol–water partition coefficient (Wildman–Crippen LogP) is 1.42. The number of nitrogens with one attached hydrogen (secondary N) is 2. The normalized spacial score (nSPS) is 20.0. The molecule has 2 aromatic carbocycles. The molecule has 27 heavy (non-hydrogen) atoms. The average molecular weight is 367 g/mol. The zero-order valence-corrected chi connectivity index (χ0v) is 15.5. The quantitative estimate of drug-likeness (QED) is 0.775. The van der Waals surface area contributed by atoms with Crippen molar-refractivity contribution in [2.75, 3.05) is 54.7 Å². The molecule has 142 valence electrons. The Hall–Kier alpha value is -2.77. The number of benzene rings is 2. The summed E-state index contributed by atoms with van der Waals surface area (Å²) < 4.78 is 5.23.